The maximum atomic E-state index is 11.2. The minimum atomic E-state index is -1.34. The lowest BCUT2D eigenvalue weighted by Gasteiger charge is -2.23. The van der Waals surface area contributed by atoms with E-state index >= 15 is 0 Å². The SMILES string of the molecule is O=C=NC(N=Nc1ccc(Cl)c(Cl)c1)(c1ccccc1)c1ccccc1. The van der Waals surface area contributed by atoms with Gasteiger partial charge in [-0.1, -0.05) is 83.9 Å². The third kappa shape index (κ3) is 3.73. The normalized spacial score (nSPS) is 11.3. The Labute approximate surface area is 160 Å². The van der Waals surface area contributed by atoms with Crippen LogP contribution in [0.25, 0.3) is 0 Å². The van der Waals surface area contributed by atoms with Crippen LogP contribution in [-0.2, 0) is 10.5 Å². The van der Waals surface area contributed by atoms with Crippen LogP contribution in [0.2, 0.25) is 10.0 Å². The zero-order valence-corrected chi connectivity index (χ0v) is 15.0. The van der Waals surface area contributed by atoms with Gasteiger partial charge in [-0.25, -0.2) is 4.79 Å². The molecule has 0 amide bonds. The average molecular weight is 382 g/mol. The zero-order valence-electron chi connectivity index (χ0n) is 13.5. The van der Waals surface area contributed by atoms with Crippen molar-refractivity contribution < 1.29 is 4.79 Å². The molecular formula is C20H13Cl2N3O. The van der Waals surface area contributed by atoms with E-state index in [9.17, 15) is 4.79 Å². The number of hydrogen-bond donors (Lipinski definition) is 0. The molecule has 128 valence electrons. The lowest BCUT2D eigenvalue weighted by atomic mass is 9.92. The Morgan fingerprint density at radius 1 is 0.769 bits per heavy atom. The molecule has 3 aromatic rings. The molecule has 6 heteroatoms. The molecule has 0 aliphatic rings. The van der Waals surface area contributed by atoms with E-state index in [4.69, 9.17) is 23.2 Å². The molecule has 0 heterocycles. The molecule has 0 radical (unpaired) electrons. The molecule has 0 fully saturated rings. The first-order valence-electron chi connectivity index (χ1n) is 7.74. The molecule has 0 saturated carbocycles. The molecule has 3 rings (SSSR count). The van der Waals surface area contributed by atoms with Crippen molar-refractivity contribution in [2.24, 2.45) is 15.2 Å². The fourth-order valence-corrected chi connectivity index (χ4v) is 2.81. The summed E-state index contributed by atoms with van der Waals surface area (Å²) in [5, 5.41) is 9.47. The Bertz CT molecular complexity index is 929. The fraction of sp³-hybridized carbons (Fsp3) is 0.0500. The van der Waals surface area contributed by atoms with Gasteiger partial charge >= 0.3 is 0 Å². The van der Waals surface area contributed by atoms with E-state index in [-0.39, 0.29) is 0 Å². The second-order valence-corrected chi connectivity index (χ2v) is 6.22. The highest BCUT2D eigenvalue weighted by molar-refractivity contribution is 6.42. The van der Waals surface area contributed by atoms with Gasteiger partial charge in [0.2, 0.25) is 11.7 Å². The van der Waals surface area contributed by atoms with Crippen molar-refractivity contribution in [2.75, 3.05) is 0 Å². The van der Waals surface area contributed by atoms with Gasteiger partial charge in [0.25, 0.3) is 0 Å². The third-order valence-corrected chi connectivity index (χ3v) is 4.51. The van der Waals surface area contributed by atoms with Crippen LogP contribution >= 0.6 is 23.2 Å². The predicted molar refractivity (Wildman–Crippen MR) is 103 cm³/mol. The molecular weight excluding hydrogens is 369 g/mol. The van der Waals surface area contributed by atoms with Crippen molar-refractivity contribution in [3.8, 4) is 0 Å². The molecule has 0 spiro atoms. The fourth-order valence-electron chi connectivity index (χ4n) is 2.52. The average Bonchev–Trinajstić information content (AvgIpc) is 2.69. The van der Waals surface area contributed by atoms with Crippen molar-refractivity contribution in [2.45, 2.75) is 5.66 Å². The number of carbonyl (C=O) groups excluding carboxylic acids is 1. The maximum Gasteiger partial charge on any atom is 0.238 e. The second kappa shape index (κ2) is 8.07. The van der Waals surface area contributed by atoms with Crippen molar-refractivity contribution in [1.29, 1.82) is 0 Å². The van der Waals surface area contributed by atoms with E-state index in [2.05, 4.69) is 15.2 Å². The van der Waals surface area contributed by atoms with Crippen molar-refractivity contribution in [3.05, 3.63) is 100 Å². The quantitative estimate of drug-likeness (QED) is 0.290. The predicted octanol–water partition coefficient (Wildman–Crippen LogP) is 6.31. The second-order valence-electron chi connectivity index (χ2n) is 5.41. The highest BCUT2D eigenvalue weighted by atomic mass is 35.5. The Morgan fingerprint density at radius 2 is 1.35 bits per heavy atom. The van der Waals surface area contributed by atoms with Crippen molar-refractivity contribution in [1.82, 2.24) is 0 Å². The summed E-state index contributed by atoms with van der Waals surface area (Å²) in [4.78, 5) is 15.3. The minimum absolute atomic E-state index is 0.368. The van der Waals surface area contributed by atoms with Gasteiger partial charge in [-0.05, 0) is 18.2 Å². The lowest BCUT2D eigenvalue weighted by Crippen LogP contribution is -2.22. The third-order valence-electron chi connectivity index (χ3n) is 3.77. The van der Waals surface area contributed by atoms with Crippen LogP contribution in [0, 0.1) is 0 Å². The van der Waals surface area contributed by atoms with E-state index in [0.717, 1.165) is 0 Å². The van der Waals surface area contributed by atoms with E-state index < -0.39 is 5.66 Å². The van der Waals surface area contributed by atoms with Crippen LogP contribution in [0.5, 0.6) is 0 Å². The molecule has 0 bridgehead atoms. The number of halogens is 2. The summed E-state index contributed by atoms with van der Waals surface area (Å²) >= 11 is 12.0. The van der Waals surface area contributed by atoms with Crippen LogP contribution < -0.4 is 0 Å². The molecule has 0 aliphatic carbocycles. The monoisotopic (exact) mass is 381 g/mol. The number of azo groups is 1. The summed E-state index contributed by atoms with van der Waals surface area (Å²) in [5.74, 6) is 0. The topological polar surface area (TPSA) is 54.1 Å². The van der Waals surface area contributed by atoms with Gasteiger partial charge in [-0.2, -0.15) is 10.1 Å². The largest absolute Gasteiger partial charge is 0.238 e. The molecule has 0 aromatic heterocycles. The summed E-state index contributed by atoms with van der Waals surface area (Å²) in [7, 11) is 0. The summed E-state index contributed by atoms with van der Waals surface area (Å²) in [6.45, 7) is 0. The molecule has 0 saturated heterocycles. The maximum absolute atomic E-state index is 11.2. The van der Waals surface area contributed by atoms with Crippen molar-refractivity contribution >= 4 is 35.0 Å². The first-order chi connectivity index (χ1) is 12.7. The molecule has 3 aromatic carbocycles. The Morgan fingerprint density at radius 3 is 1.85 bits per heavy atom. The van der Waals surface area contributed by atoms with Gasteiger partial charge in [0.1, 0.15) is 0 Å². The first-order valence-corrected chi connectivity index (χ1v) is 8.49. The standard InChI is InChI=1S/C20H13Cl2N3O/c21-18-12-11-17(13-19(18)22)24-25-20(23-14-26,15-7-3-1-4-8-15)16-9-5-2-6-10-16/h1-13H. The Kier molecular flexibility index (Phi) is 5.59. The molecule has 4 nitrogen and oxygen atoms in total. The van der Waals surface area contributed by atoms with Crippen LogP contribution in [-0.4, -0.2) is 6.08 Å². The van der Waals surface area contributed by atoms with Gasteiger partial charge in [0, 0.05) is 11.1 Å². The summed E-state index contributed by atoms with van der Waals surface area (Å²) in [6, 6.07) is 23.4. The molecule has 26 heavy (non-hydrogen) atoms. The lowest BCUT2D eigenvalue weighted by molar-refractivity contribution is 0.516. The Balaban J connectivity index is 2.18. The number of rotatable bonds is 5. The minimum Gasteiger partial charge on any atom is -0.211 e. The van der Waals surface area contributed by atoms with Crippen LogP contribution in [0.3, 0.4) is 0 Å². The highest BCUT2D eigenvalue weighted by Crippen LogP contribution is 2.37. The van der Waals surface area contributed by atoms with Gasteiger partial charge in [-0.3, -0.25) is 0 Å². The number of isocyanates is 1. The number of aliphatic imine (C=N–C) groups is 1. The number of hydrogen-bond acceptors (Lipinski definition) is 4. The van der Waals surface area contributed by atoms with Gasteiger partial charge in [0.05, 0.1) is 15.7 Å². The van der Waals surface area contributed by atoms with E-state index in [1.54, 1.807) is 24.3 Å². The van der Waals surface area contributed by atoms with E-state index in [1.165, 1.54) is 0 Å². The van der Waals surface area contributed by atoms with Crippen molar-refractivity contribution in [3.63, 3.8) is 0 Å². The first kappa shape index (κ1) is 18.0. The molecule has 0 N–H and O–H groups in total. The van der Waals surface area contributed by atoms with Crippen LogP contribution in [0.1, 0.15) is 11.1 Å². The highest BCUT2D eigenvalue weighted by Gasteiger charge is 2.34. The summed E-state index contributed by atoms with van der Waals surface area (Å²) in [5.41, 5.74) is 0.546. The Hall–Kier alpha value is -2.78. The zero-order chi connectivity index (χ0) is 18.4. The molecule has 0 unspecified atom stereocenters. The van der Waals surface area contributed by atoms with Gasteiger partial charge in [0.15, 0.2) is 0 Å². The molecule has 0 aliphatic heterocycles. The van der Waals surface area contributed by atoms with Gasteiger partial charge < -0.3 is 0 Å². The number of benzene rings is 3. The van der Waals surface area contributed by atoms with E-state index in [1.807, 2.05) is 60.7 Å². The smallest absolute Gasteiger partial charge is 0.211 e. The van der Waals surface area contributed by atoms with Crippen LogP contribution in [0.15, 0.2) is 94.1 Å². The van der Waals surface area contributed by atoms with Gasteiger partial charge in [-0.15, -0.1) is 5.11 Å². The summed E-state index contributed by atoms with van der Waals surface area (Å²) < 4.78 is 0. The van der Waals surface area contributed by atoms with E-state index in [0.29, 0.717) is 26.9 Å². The van der Waals surface area contributed by atoms with Crippen LogP contribution in [0.4, 0.5) is 5.69 Å². The molecule has 0 atom stereocenters. The summed E-state index contributed by atoms with van der Waals surface area (Å²) in [6.07, 6.45) is 1.64. The number of nitrogens with zero attached hydrogens (tertiary/aromatic N) is 3.